The Morgan fingerprint density at radius 2 is 2.13 bits per heavy atom. The maximum atomic E-state index is 12.1. The quantitative estimate of drug-likeness (QED) is 0.817. The summed E-state index contributed by atoms with van der Waals surface area (Å²) in [5.41, 5.74) is 1.10. The van der Waals surface area contributed by atoms with E-state index >= 15 is 0 Å². The topological polar surface area (TPSA) is 101 Å². The Labute approximate surface area is 136 Å². The maximum absolute atomic E-state index is 12.1. The summed E-state index contributed by atoms with van der Waals surface area (Å²) in [6.45, 7) is -0.375. The highest BCUT2D eigenvalue weighted by molar-refractivity contribution is 6.31. The molecule has 0 aliphatic carbocycles. The summed E-state index contributed by atoms with van der Waals surface area (Å²) in [7, 11) is 0. The van der Waals surface area contributed by atoms with E-state index in [1.165, 1.54) is 9.58 Å². The third kappa shape index (κ3) is 3.14. The standard InChI is InChI=1S/C14H15ClN4O4/c15-9-1-2-13-12(3-9)18(14(22)8-23-13)4-10-5-19(17-16-10)11(6-20)7-21/h1-3,5,11,20-21H,4,6-8H2. The fourth-order valence-electron chi connectivity index (χ4n) is 2.30. The summed E-state index contributed by atoms with van der Waals surface area (Å²) < 4.78 is 6.75. The van der Waals surface area contributed by atoms with Gasteiger partial charge in [-0.1, -0.05) is 16.8 Å². The summed E-state index contributed by atoms with van der Waals surface area (Å²) in [6, 6.07) is 4.50. The van der Waals surface area contributed by atoms with Gasteiger partial charge in [0, 0.05) is 5.02 Å². The van der Waals surface area contributed by atoms with Crippen LogP contribution in [0.15, 0.2) is 24.4 Å². The molecule has 23 heavy (non-hydrogen) atoms. The number of ether oxygens (including phenoxy) is 1. The van der Waals surface area contributed by atoms with Gasteiger partial charge in [0.2, 0.25) is 0 Å². The number of aliphatic hydroxyl groups is 2. The Morgan fingerprint density at radius 3 is 2.87 bits per heavy atom. The van der Waals surface area contributed by atoms with Crippen molar-refractivity contribution in [1.82, 2.24) is 15.0 Å². The summed E-state index contributed by atoms with van der Waals surface area (Å²) in [5, 5.41) is 26.7. The van der Waals surface area contributed by atoms with Crippen molar-refractivity contribution in [1.29, 1.82) is 0 Å². The second-order valence-corrected chi connectivity index (χ2v) is 5.53. The third-order valence-electron chi connectivity index (χ3n) is 3.54. The number of amides is 1. The molecular formula is C14H15ClN4O4. The van der Waals surface area contributed by atoms with Crippen molar-refractivity contribution in [2.75, 3.05) is 24.7 Å². The van der Waals surface area contributed by atoms with Gasteiger partial charge < -0.3 is 14.9 Å². The minimum Gasteiger partial charge on any atom is -0.482 e. The molecule has 0 spiro atoms. The number of benzene rings is 1. The normalized spacial score (nSPS) is 14.1. The predicted octanol–water partition coefficient (Wildman–Crippen LogP) is 0.383. The number of anilines is 1. The first-order valence-electron chi connectivity index (χ1n) is 6.97. The molecule has 1 aromatic heterocycles. The van der Waals surface area contributed by atoms with Crippen LogP contribution in [0.4, 0.5) is 5.69 Å². The minimum absolute atomic E-state index is 0.0569. The molecule has 3 rings (SSSR count). The van der Waals surface area contributed by atoms with Gasteiger partial charge in [0.1, 0.15) is 11.4 Å². The van der Waals surface area contributed by atoms with Crippen LogP contribution in [0.25, 0.3) is 0 Å². The van der Waals surface area contributed by atoms with Crippen LogP contribution in [-0.2, 0) is 11.3 Å². The first-order valence-corrected chi connectivity index (χ1v) is 7.35. The van der Waals surface area contributed by atoms with Crippen LogP contribution in [0.5, 0.6) is 5.75 Å². The minimum atomic E-state index is -0.557. The lowest BCUT2D eigenvalue weighted by Gasteiger charge is -2.28. The van der Waals surface area contributed by atoms with E-state index in [1.54, 1.807) is 24.4 Å². The van der Waals surface area contributed by atoms with Gasteiger partial charge in [0.05, 0.1) is 37.7 Å². The number of carbonyl (C=O) groups is 1. The molecule has 0 atom stereocenters. The van der Waals surface area contributed by atoms with Crippen molar-refractivity contribution in [2.24, 2.45) is 0 Å². The Bertz CT molecular complexity index is 717. The number of rotatable bonds is 5. The monoisotopic (exact) mass is 338 g/mol. The molecule has 1 aliphatic rings. The van der Waals surface area contributed by atoms with Gasteiger partial charge in [-0.05, 0) is 18.2 Å². The van der Waals surface area contributed by atoms with E-state index in [2.05, 4.69) is 10.3 Å². The van der Waals surface area contributed by atoms with E-state index < -0.39 is 6.04 Å². The second-order valence-electron chi connectivity index (χ2n) is 5.09. The molecule has 0 fully saturated rings. The van der Waals surface area contributed by atoms with Crippen LogP contribution in [0.2, 0.25) is 5.02 Å². The van der Waals surface area contributed by atoms with Gasteiger partial charge in [-0.3, -0.25) is 9.69 Å². The van der Waals surface area contributed by atoms with Crippen molar-refractivity contribution in [3.05, 3.63) is 35.1 Å². The van der Waals surface area contributed by atoms with Gasteiger partial charge in [-0.25, -0.2) is 4.68 Å². The first kappa shape index (κ1) is 15.7. The molecule has 8 nitrogen and oxygen atoms in total. The number of halogens is 1. The number of hydrogen-bond donors (Lipinski definition) is 2. The number of carbonyl (C=O) groups excluding carboxylic acids is 1. The zero-order chi connectivity index (χ0) is 16.4. The highest BCUT2D eigenvalue weighted by atomic mass is 35.5. The van der Waals surface area contributed by atoms with Crippen LogP contribution in [0.3, 0.4) is 0 Å². The van der Waals surface area contributed by atoms with E-state index in [1.807, 2.05) is 0 Å². The van der Waals surface area contributed by atoms with Gasteiger partial charge in [-0.2, -0.15) is 0 Å². The van der Waals surface area contributed by atoms with Gasteiger partial charge in [-0.15, -0.1) is 5.10 Å². The Hall–Kier alpha value is -2.16. The van der Waals surface area contributed by atoms with E-state index in [9.17, 15) is 4.79 Å². The van der Waals surface area contributed by atoms with Crippen molar-refractivity contribution in [3.8, 4) is 5.75 Å². The van der Waals surface area contributed by atoms with Crippen molar-refractivity contribution in [2.45, 2.75) is 12.6 Å². The fourth-order valence-corrected chi connectivity index (χ4v) is 2.47. The molecule has 9 heteroatoms. The lowest BCUT2D eigenvalue weighted by Crippen LogP contribution is -2.38. The lowest BCUT2D eigenvalue weighted by atomic mass is 10.2. The smallest absolute Gasteiger partial charge is 0.265 e. The van der Waals surface area contributed by atoms with Gasteiger partial charge in [0.25, 0.3) is 5.91 Å². The van der Waals surface area contributed by atoms with Crippen LogP contribution >= 0.6 is 11.6 Å². The van der Waals surface area contributed by atoms with Crippen LogP contribution < -0.4 is 9.64 Å². The number of aliphatic hydroxyl groups excluding tert-OH is 2. The summed E-state index contributed by atoms with van der Waals surface area (Å²) >= 11 is 5.99. The molecule has 0 unspecified atom stereocenters. The first-order chi connectivity index (χ1) is 11.1. The van der Waals surface area contributed by atoms with Crippen LogP contribution in [0.1, 0.15) is 11.7 Å². The number of fused-ring (bicyclic) bond motifs is 1. The number of nitrogens with zero attached hydrogens (tertiary/aromatic N) is 4. The Morgan fingerprint density at radius 1 is 1.35 bits per heavy atom. The van der Waals surface area contributed by atoms with Crippen LogP contribution in [0, 0.1) is 0 Å². The molecule has 122 valence electrons. The molecule has 0 bridgehead atoms. The number of aromatic nitrogens is 3. The largest absolute Gasteiger partial charge is 0.482 e. The summed E-state index contributed by atoms with van der Waals surface area (Å²) in [6.07, 6.45) is 1.59. The molecule has 0 radical (unpaired) electrons. The second kappa shape index (κ2) is 6.53. The van der Waals surface area contributed by atoms with E-state index in [4.69, 9.17) is 26.6 Å². The molecule has 0 saturated carbocycles. The van der Waals surface area contributed by atoms with E-state index in [-0.39, 0.29) is 32.3 Å². The highest BCUT2D eigenvalue weighted by Gasteiger charge is 2.27. The van der Waals surface area contributed by atoms with Crippen molar-refractivity contribution >= 4 is 23.2 Å². The van der Waals surface area contributed by atoms with E-state index in [0.717, 1.165) is 0 Å². The number of hydrogen-bond acceptors (Lipinski definition) is 6. The molecule has 2 N–H and O–H groups in total. The zero-order valence-corrected chi connectivity index (χ0v) is 12.8. The summed E-state index contributed by atoms with van der Waals surface area (Å²) in [4.78, 5) is 13.7. The van der Waals surface area contributed by atoms with Crippen molar-refractivity contribution < 1.29 is 19.7 Å². The third-order valence-corrected chi connectivity index (χ3v) is 3.77. The molecule has 2 aromatic rings. The zero-order valence-electron chi connectivity index (χ0n) is 12.1. The van der Waals surface area contributed by atoms with Gasteiger partial charge >= 0.3 is 0 Å². The van der Waals surface area contributed by atoms with Crippen LogP contribution in [-0.4, -0.2) is 50.9 Å². The summed E-state index contributed by atoms with van der Waals surface area (Å²) in [5.74, 6) is 0.361. The van der Waals surface area contributed by atoms with E-state index in [0.29, 0.717) is 22.2 Å². The predicted molar refractivity (Wildman–Crippen MR) is 81.4 cm³/mol. The Kier molecular flexibility index (Phi) is 4.46. The van der Waals surface area contributed by atoms with Crippen molar-refractivity contribution in [3.63, 3.8) is 0 Å². The Balaban J connectivity index is 1.85. The maximum Gasteiger partial charge on any atom is 0.265 e. The molecule has 0 saturated heterocycles. The SMILES string of the molecule is O=C1COc2ccc(Cl)cc2N1Cc1cn(C(CO)CO)nn1. The average Bonchev–Trinajstić information content (AvgIpc) is 3.00. The lowest BCUT2D eigenvalue weighted by molar-refractivity contribution is -0.121. The fraction of sp³-hybridized carbons (Fsp3) is 0.357. The average molecular weight is 339 g/mol. The molecular weight excluding hydrogens is 324 g/mol. The molecule has 1 aliphatic heterocycles. The molecule has 2 heterocycles. The molecule has 1 aromatic carbocycles. The molecule has 1 amide bonds. The highest BCUT2D eigenvalue weighted by Crippen LogP contribution is 2.35. The van der Waals surface area contributed by atoms with Gasteiger partial charge in [0.15, 0.2) is 6.61 Å².